The minimum atomic E-state index is -3.55. The number of benzene rings is 2. The van der Waals surface area contributed by atoms with Crippen molar-refractivity contribution < 1.29 is 22.7 Å². The largest absolute Gasteiger partial charge is 0.395 e. The molecule has 1 spiro atoms. The summed E-state index contributed by atoms with van der Waals surface area (Å²) in [7, 11) is -3.55. The number of rotatable bonds is 5. The van der Waals surface area contributed by atoms with E-state index in [0.29, 0.717) is 19.5 Å². The molecule has 0 saturated carbocycles. The molecule has 0 unspecified atom stereocenters. The average molecular weight is 433 g/mol. The van der Waals surface area contributed by atoms with Gasteiger partial charge in [-0.25, -0.2) is 12.8 Å². The highest BCUT2D eigenvalue weighted by molar-refractivity contribution is 7.88. The zero-order valence-electron chi connectivity index (χ0n) is 17.0. The number of carbonyl (C=O) groups is 1. The molecule has 2 aliphatic heterocycles. The molecule has 1 amide bonds. The summed E-state index contributed by atoms with van der Waals surface area (Å²) in [6, 6.07) is 13.4. The number of hydrogen-bond acceptors (Lipinski definition) is 4. The van der Waals surface area contributed by atoms with Crippen molar-refractivity contribution in [3.05, 3.63) is 59.9 Å². The highest BCUT2D eigenvalue weighted by Gasteiger charge is 2.69. The van der Waals surface area contributed by atoms with Crippen LogP contribution in [0.25, 0.3) is 11.1 Å². The SMILES string of the molecule is CCC(=O)N1CC2(C1)[C@@H](c1ccc(-c3ccc(F)cc3)cc1)[C@@H](CO)N2S(C)(=O)=O. The molecule has 0 bridgehead atoms. The number of carbonyl (C=O) groups excluding carboxylic acids is 1. The Balaban J connectivity index is 1.66. The van der Waals surface area contributed by atoms with Crippen LogP contribution in [-0.2, 0) is 14.8 Å². The fraction of sp³-hybridized carbons (Fsp3) is 0.409. The molecule has 2 aromatic rings. The second-order valence-corrected chi connectivity index (χ2v) is 9.98. The van der Waals surface area contributed by atoms with Crippen LogP contribution >= 0.6 is 0 Å². The van der Waals surface area contributed by atoms with Crippen LogP contribution in [0.4, 0.5) is 4.39 Å². The first-order chi connectivity index (χ1) is 14.2. The van der Waals surface area contributed by atoms with Crippen molar-refractivity contribution in [2.24, 2.45) is 0 Å². The van der Waals surface area contributed by atoms with E-state index in [9.17, 15) is 22.7 Å². The van der Waals surface area contributed by atoms with Gasteiger partial charge in [-0.3, -0.25) is 4.79 Å². The summed E-state index contributed by atoms with van der Waals surface area (Å²) in [6.07, 6.45) is 1.52. The molecule has 0 aliphatic carbocycles. The van der Waals surface area contributed by atoms with Crippen LogP contribution in [0.1, 0.15) is 24.8 Å². The number of amides is 1. The maximum absolute atomic E-state index is 13.2. The van der Waals surface area contributed by atoms with E-state index in [4.69, 9.17) is 0 Å². The van der Waals surface area contributed by atoms with Gasteiger partial charge in [0.15, 0.2) is 0 Å². The molecule has 0 aromatic heterocycles. The number of aliphatic hydroxyl groups is 1. The van der Waals surface area contributed by atoms with Crippen molar-refractivity contribution in [2.75, 3.05) is 26.0 Å². The van der Waals surface area contributed by atoms with Crippen molar-refractivity contribution in [2.45, 2.75) is 30.8 Å². The van der Waals surface area contributed by atoms with E-state index < -0.39 is 21.6 Å². The maximum atomic E-state index is 13.2. The van der Waals surface area contributed by atoms with Gasteiger partial charge in [0, 0.05) is 25.4 Å². The van der Waals surface area contributed by atoms with E-state index in [1.54, 1.807) is 24.0 Å². The highest BCUT2D eigenvalue weighted by Crippen LogP contribution is 2.55. The van der Waals surface area contributed by atoms with Gasteiger partial charge in [0.05, 0.1) is 24.4 Å². The Morgan fingerprint density at radius 1 is 1.10 bits per heavy atom. The van der Waals surface area contributed by atoms with Crippen LogP contribution in [0.5, 0.6) is 0 Å². The second-order valence-electron chi connectivity index (χ2n) is 8.12. The zero-order valence-corrected chi connectivity index (χ0v) is 17.8. The van der Waals surface area contributed by atoms with Crippen molar-refractivity contribution >= 4 is 15.9 Å². The van der Waals surface area contributed by atoms with E-state index >= 15 is 0 Å². The molecule has 160 valence electrons. The van der Waals surface area contributed by atoms with Gasteiger partial charge in [0.1, 0.15) is 5.82 Å². The van der Waals surface area contributed by atoms with Gasteiger partial charge in [-0.2, -0.15) is 4.31 Å². The van der Waals surface area contributed by atoms with Gasteiger partial charge in [0.25, 0.3) is 0 Å². The normalized spacial score (nSPS) is 23.1. The lowest BCUT2D eigenvalue weighted by atomic mass is 9.62. The average Bonchev–Trinajstić information content (AvgIpc) is 2.66. The molecular weight excluding hydrogens is 407 g/mol. The summed E-state index contributed by atoms with van der Waals surface area (Å²) in [5.41, 5.74) is 2.00. The third-order valence-electron chi connectivity index (χ3n) is 6.28. The fourth-order valence-electron chi connectivity index (χ4n) is 5.04. The monoisotopic (exact) mass is 432 g/mol. The first kappa shape index (κ1) is 21.0. The number of hydrogen-bond donors (Lipinski definition) is 1. The third kappa shape index (κ3) is 3.23. The Morgan fingerprint density at radius 3 is 2.10 bits per heavy atom. The van der Waals surface area contributed by atoms with Gasteiger partial charge in [-0.05, 0) is 28.8 Å². The molecular formula is C22H25FN2O4S. The minimum Gasteiger partial charge on any atom is -0.395 e. The van der Waals surface area contributed by atoms with Crippen LogP contribution in [0, 0.1) is 5.82 Å². The zero-order chi connectivity index (χ0) is 21.7. The molecule has 8 heteroatoms. The van der Waals surface area contributed by atoms with E-state index in [-0.39, 0.29) is 24.2 Å². The second kappa shape index (κ2) is 7.44. The molecule has 2 heterocycles. The summed E-state index contributed by atoms with van der Waals surface area (Å²) < 4.78 is 39.5. The predicted molar refractivity (Wildman–Crippen MR) is 112 cm³/mol. The molecule has 6 nitrogen and oxygen atoms in total. The van der Waals surface area contributed by atoms with Crippen LogP contribution < -0.4 is 0 Å². The first-order valence-corrected chi connectivity index (χ1v) is 11.8. The van der Waals surface area contributed by atoms with E-state index in [2.05, 4.69) is 0 Å². The van der Waals surface area contributed by atoms with Crippen LogP contribution in [0.15, 0.2) is 48.5 Å². The predicted octanol–water partition coefficient (Wildman–Crippen LogP) is 2.20. The van der Waals surface area contributed by atoms with E-state index in [1.807, 2.05) is 24.3 Å². The molecule has 2 aliphatic rings. The molecule has 2 aromatic carbocycles. The fourth-order valence-corrected chi connectivity index (χ4v) is 6.61. The summed E-state index contributed by atoms with van der Waals surface area (Å²) in [5.74, 6) is -0.512. The lowest BCUT2D eigenvalue weighted by molar-refractivity contribution is -0.167. The van der Waals surface area contributed by atoms with Gasteiger partial charge in [-0.1, -0.05) is 43.3 Å². The topological polar surface area (TPSA) is 77.9 Å². The van der Waals surface area contributed by atoms with Crippen LogP contribution in [0.3, 0.4) is 0 Å². The summed E-state index contributed by atoms with van der Waals surface area (Å²) >= 11 is 0. The number of halogens is 1. The lowest BCUT2D eigenvalue weighted by Gasteiger charge is -2.69. The van der Waals surface area contributed by atoms with Gasteiger partial charge in [-0.15, -0.1) is 0 Å². The summed E-state index contributed by atoms with van der Waals surface area (Å²) in [5, 5.41) is 9.96. The number of likely N-dealkylation sites (tertiary alicyclic amines) is 1. The lowest BCUT2D eigenvalue weighted by Crippen LogP contribution is -2.85. The Hall–Kier alpha value is -2.29. The van der Waals surface area contributed by atoms with Crippen molar-refractivity contribution in [3.63, 3.8) is 0 Å². The van der Waals surface area contributed by atoms with Crippen LogP contribution in [0.2, 0.25) is 0 Å². The van der Waals surface area contributed by atoms with Crippen molar-refractivity contribution in [3.8, 4) is 11.1 Å². The molecule has 2 saturated heterocycles. The van der Waals surface area contributed by atoms with Gasteiger partial charge < -0.3 is 10.0 Å². The summed E-state index contributed by atoms with van der Waals surface area (Å²) in [4.78, 5) is 13.8. The first-order valence-electron chi connectivity index (χ1n) is 9.95. The Morgan fingerprint density at radius 2 is 1.63 bits per heavy atom. The van der Waals surface area contributed by atoms with Crippen molar-refractivity contribution in [1.29, 1.82) is 0 Å². The third-order valence-corrected chi connectivity index (χ3v) is 7.63. The van der Waals surface area contributed by atoms with Gasteiger partial charge >= 0.3 is 0 Å². The molecule has 1 N–H and O–H groups in total. The Bertz CT molecular complexity index is 1050. The standard InChI is InChI=1S/C22H25FN2O4S/c1-3-20(27)24-13-22(14-24)21(19(12-26)25(22)30(2,28)29)17-6-4-15(5-7-17)16-8-10-18(23)11-9-16/h4-11,19,21,26H,3,12-14H2,1-2H3/t19-,21+/m1/s1. The van der Waals surface area contributed by atoms with Gasteiger partial charge in [0.2, 0.25) is 15.9 Å². The van der Waals surface area contributed by atoms with E-state index in [1.165, 1.54) is 16.4 Å². The van der Waals surface area contributed by atoms with E-state index in [0.717, 1.165) is 22.9 Å². The number of nitrogens with zero attached hydrogens (tertiary/aromatic N) is 2. The van der Waals surface area contributed by atoms with Crippen molar-refractivity contribution in [1.82, 2.24) is 9.21 Å². The maximum Gasteiger partial charge on any atom is 0.222 e. The molecule has 30 heavy (non-hydrogen) atoms. The Kier molecular flexibility index (Phi) is 5.20. The molecule has 2 fully saturated rings. The highest BCUT2D eigenvalue weighted by atomic mass is 32.2. The van der Waals surface area contributed by atoms with Crippen LogP contribution in [-0.4, -0.2) is 66.2 Å². The Labute approximate surface area is 176 Å². The number of aliphatic hydroxyl groups excluding tert-OH is 1. The quantitative estimate of drug-likeness (QED) is 0.786. The number of sulfonamides is 1. The molecule has 4 rings (SSSR count). The summed E-state index contributed by atoms with van der Waals surface area (Å²) in [6.45, 7) is 2.15. The minimum absolute atomic E-state index is 0.00747. The molecule has 2 atom stereocenters. The smallest absolute Gasteiger partial charge is 0.222 e. The molecule has 0 radical (unpaired) electrons.